The van der Waals surface area contributed by atoms with Gasteiger partial charge in [0.05, 0.1) is 5.69 Å². The second kappa shape index (κ2) is 3.43. The molecule has 0 saturated heterocycles. The molecule has 0 fully saturated rings. The van der Waals surface area contributed by atoms with Crippen LogP contribution in [0.3, 0.4) is 0 Å². The van der Waals surface area contributed by atoms with Crippen LogP contribution in [0.25, 0.3) is 11.3 Å². The molecule has 0 saturated carbocycles. The number of rotatable bonds is 1. The number of fused-ring (bicyclic) bond motifs is 3. The number of hydrazine groups is 1. The molecule has 0 spiro atoms. The molecule has 1 aliphatic carbocycles. The molecule has 0 aliphatic heterocycles. The third-order valence-electron chi connectivity index (χ3n) is 2.72. The zero-order chi connectivity index (χ0) is 11.1. The van der Waals surface area contributed by atoms with E-state index in [-0.39, 0.29) is 0 Å². The van der Waals surface area contributed by atoms with Crippen LogP contribution >= 0.6 is 11.6 Å². The van der Waals surface area contributed by atoms with Crippen LogP contribution in [-0.4, -0.2) is 10.2 Å². The van der Waals surface area contributed by atoms with E-state index in [9.17, 15) is 0 Å². The summed E-state index contributed by atoms with van der Waals surface area (Å²) in [5.74, 6) is 5.88. The van der Waals surface area contributed by atoms with Gasteiger partial charge < -0.3 is 5.43 Å². The van der Waals surface area contributed by atoms with Crippen molar-refractivity contribution in [3.63, 3.8) is 0 Å². The first-order chi connectivity index (χ1) is 7.78. The van der Waals surface area contributed by atoms with Gasteiger partial charge >= 0.3 is 0 Å². The van der Waals surface area contributed by atoms with Crippen molar-refractivity contribution < 1.29 is 0 Å². The maximum Gasteiger partial charge on any atom is 0.162 e. The van der Waals surface area contributed by atoms with Crippen molar-refractivity contribution in [3.05, 3.63) is 40.4 Å². The quantitative estimate of drug-likeness (QED) is 0.498. The highest BCUT2D eigenvalue weighted by molar-refractivity contribution is 6.30. The molecule has 0 amide bonds. The summed E-state index contributed by atoms with van der Waals surface area (Å²) in [4.78, 5) is 0. The number of nitrogen functional groups attached to an aromatic ring is 1. The average Bonchev–Trinajstić information content (AvgIpc) is 2.64. The predicted octanol–water partition coefficient (Wildman–Crippen LogP) is 1.99. The Morgan fingerprint density at radius 1 is 1.19 bits per heavy atom. The van der Waals surface area contributed by atoms with E-state index < -0.39 is 0 Å². The lowest BCUT2D eigenvalue weighted by atomic mass is 10.1. The zero-order valence-corrected chi connectivity index (χ0v) is 9.12. The lowest BCUT2D eigenvalue weighted by Gasteiger charge is -2.01. The highest BCUT2D eigenvalue weighted by Crippen LogP contribution is 2.36. The van der Waals surface area contributed by atoms with Crippen molar-refractivity contribution in [1.82, 2.24) is 10.2 Å². The molecule has 1 aliphatic rings. The van der Waals surface area contributed by atoms with E-state index >= 15 is 0 Å². The average molecular weight is 233 g/mol. The molecular formula is C11H9ClN4. The number of anilines is 1. The highest BCUT2D eigenvalue weighted by Gasteiger charge is 2.20. The molecule has 1 heterocycles. The van der Waals surface area contributed by atoms with Gasteiger partial charge in [-0.25, -0.2) is 5.84 Å². The Hall–Kier alpha value is -1.65. The van der Waals surface area contributed by atoms with Crippen molar-refractivity contribution in [3.8, 4) is 11.3 Å². The molecule has 5 heteroatoms. The molecule has 80 valence electrons. The van der Waals surface area contributed by atoms with Crippen LogP contribution in [0.4, 0.5) is 5.82 Å². The molecular weight excluding hydrogens is 224 g/mol. The van der Waals surface area contributed by atoms with Crippen LogP contribution in [0.5, 0.6) is 0 Å². The highest BCUT2D eigenvalue weighted by atomic mass is 35.5. The van der Waals surface area contributed by atoms with Crippen molar-refractivity contribution in [2.45, 2.75) is 6.42 Å². The molecule has 4 nitrogen and oxygen atoms in total. The maximum absolute atomic E-state index is 5.96. The van der Waals surface area contributed by atoms with Gasteiger partial charge in [-0.1, -0.05) is 17.7 Å². The predicted molar refractivity (Wildman–Crippen MR) is 63.1 cm³/mol. The summed E-state index contributed by atoms with van der Waals surface area (Å²) >= 11 is 5.96. The number of benzene rings is 1. The molecule has 0 radical (unpaired) electrons. The third-order valence-corrected chi connectivity index (χ3v) is 2.96. The minimum atomic E-state index is 0.581. The summed E-state index contributed by atoms with van der Waals surface area (Å²) in [7, 11) is 0. The zero-order valence-electron chi connectivity index (χ0n) is 8.37. The molecule has 16 heavy (non-hydrogen) atoms. The fourth-order valence-corrected chi connectivity index (χ4v) is 2.20. The normalized spacial score (nSPS) is 12.1. The number of halogens is 1. The maximum atomic E-state index is 5.96. The number of nitrogens with two attached hydrogens (primary N) is 1. The Bertz CT molecular complexity index is 568. The van der Waals surface area contributed by atoms with Crippen LogP contribution in [0.2, 0.25) is 5.02 Å². The Kier molecular flexibility index (Phi) is 2.05. The molecule has 2 aromatic rings. The summed E-state index contributed by atoms with van der Waals surface area (Å²) < 4.78 is 0. The Morgan fingerprint density at radius 2 is 2.06 bits per heavy atom. The number of aromatic nitrogens is 2. The van der Waals surface area contributed by atoms with Gasteiger partial charge in [0.1, 0.15) is 0 Å². The van der Waals surface area contributed by atoms with Crippen LogP contribution in [0.1, 0.15) is 11.1 Å². The van der Waals surface area contributed by atoms with Gasteiger partial charge in [0.15, 0.2) is 5.82 Å². The van der Waals surface area contributed by atoms with E-state index in [0.717, 1.165) is 28.3 Å². The summed E-state index contributed by atoms with van der Waals surface area (Å²) in [5, 5.41) is 8.88. The van der Waals surface area contributed by atoms with Gasteiger partial charge in [-0.15, -0.1) is 10.2 Å². The summed E-state index contributed by atoms with van der Waals surface area (Å²) in [6, 6.07) is 7.73. The SMILES string of the molecule is NNc1cc2c(nn1)-c1ccc(Cl)cc1C2. The van der Waals surface area contributed by atoms with Gasteiger partial charge in [-0.2, -0.15) is 0 Å². The van der Waals surface area contributed by atoms with Gasteiger partial charge in [0, 0.05) is 17.0 Å². The molecule has 0 bridgehead atoms. The van der Waals surface area contributed by atoms with Crippen molar-refractivity contribution >= 4 is 17.4 Å². The Morgan fingerprint density at radius 3 is 2.88 bits per heavy atom. The standard InChI is InChI=1S/C11H9ClN4/c12-8-1-2-9-6(4-8)3-7-5-10(14-13)15-16-11(7)9/h1-2,4-5H,3,13H2,(H,14,15). The van der Waals surface area contributed by atoms with Gasteiger partial charge in [0.25, 0.3) is 0 Å². The largest absolute Gasteiger partial charge is 0.307 e. The molecule has 0 atom stereocenters. The first-order valence-electron chi connectivity index (χ1n) is 4.90. The smallest absolute Gasteiger partial charge is 0.162 e. The lowest BCUT2D eigenvalue weighted by Crippen LogP contribution is -2.09. The molecule has 3 rings (SSSR count). The van der Waals surface area contributed by atoms with Crippen molar-refractivity contribution in [2.75, 3.05) is 5.43 Å². The van der Waals surface area contributed by atoms with Crippen molar-refractivity contribution in [2.24, 2.45) is 5.84 Å². The van der Waals surface area contributed by atoms with Crippen molar-refractivity contribution in [1.29, 1.82) is 0 Å². The topological polar surface area (TPSA) is 63.8 Å². The first kappa shape index (κ1) is 9.57. The fourth-order valence-electron chi connectivity index (χ4n) is 2.01. The van der Waals surface area contributed by atoms with E-state index in [1.807, 2.05) is 24.3 Å². The monoisotopic (exact) mass is 232 g/mol. The lowest BCUT2D eigenvalue weighted by molar-refractivity contribution is 1.01. The van der Waals surface area contributed by atoms with E-state index in [1.165, 1.54) is 5.56 Å². The molecule has 1 aromatic carbocycles. The third kappa shape index (κ3) is 1.35. The summed E-state index contributed by atoms with van der Waals surface area (Å²) in [5.41, 5.74) is 6.84. The minimum Gasteiger partial charge on any atom is -0.307 e. The second-order valence-corrected chi connectivity index (χ2v) is 4.16. The Balaban J connectivity index is 2.16. The second-order valence-electron chi connectivity index (χ2n) is 3.73. The van der Waals surface area contributed by atoms with Crippen LogP contribution in [0, 0.1) is 0 Å². The number of hydrogen-bond acceptors (Lipinski definition) is 4. The van der Waals surface area contributed by atoms with E-state index in [1.54, 1.807) is 0 Å². The molecule has 3 N–H and O–H groups in total. The van der Waals surface area contributed by atoms with Gasteiger partial charge in [-0.05, 0) is 29.3 Å². The van der Waals surface area contributed by atoms with Crippen LogP contribution in [-0.2, 0) is 6.42 Å². The van der Waals surface area contributed by atoms with E-state index in [0.29, 0.717) is 5.82 Å². The number of hydrogen-bond donors (Lipinski definition) is 2. The number of nitrogens with one attached hydrogen (secondary N) is 1. The summed E-state index contributed by atoms with van der Waals surface area (Å²) in [6.07, 6.45) is 0.829. The fraction of sp³-hybridized carbons (Fsp3) is 0.0909. The van der Waals surface area contributed by atoms with Crippen LogP contribution in [0.15, 0.2) is 24.3 Å². The van der Waals surface area contributed by atoms with Gasteiger partial charge in [-0.3, -0.25) is 0 Å². The van der Waals surface area contributed by atoms with E-state index in [2.05, 4.69) is 15.6 Å². The van der Waals surface area contributed by atoms with Gasteiger partial charge in [0.2, 0.25) is 0 Å². The number of nitrogens with zero attached hydrogens (tertiary/aromatic N) is 2. The summed E-state index contributed by atoms with van der Waals surface area (Å²) in [6.45, 7) is 0. The van der Waals surface area contributed by atoms with Crippen LogP contribution < -0.4 is 11.3 Å². The first-order valence-corrected chi connectivity index (χ1v) is 5.28. The minimum absolute atomic E-state index is 0.581. The van der Waals surface area contributed by atoms with E-state index in [4.69, 9.17) is 17.4 Å². The molecule has 1 aromatic heterocycles. The Labute approximate surface area is 97.4 Å². The molecule has 0 unspecified atom stereocenters.